The van der Waals surface area contributed by atoms with Crippen molar-refractivity contribution in [2.75, 3.05) is 26.2 Å². The van der Waals surface area contributed by atoms with Crippen molar-refractivity contribution < 1.29 is 14.4 Å². The zero-order chi connectivity index (χ0) is 32.9. The number of nitrogens with two attached hydrogens (primary N) is 1. The van der Waals surface area contributed by atoms with Crippen LogP contribution in [-0.2, 0) is 16.1 Å². The number of likely N-dealkylation sites (N-methyl/N-ethyl adjacent to an activating group) is 1. The third kappa shape index (κ3) is 7.05. The first-order chi connectivity index (χ1) is 22.9. The minimum Gasteiger partial charge on any atom is -0.404 e. The molecule has 2 aromatic carbocycles. The Balaban J connectivity index is 1.32. The minimum absolute atomic E-state index is 0.105. The summed E-state index contributed by atoms with van der Waals surface area (Å²) in [5.41, 5.74) is 10.2. The number of nitrogens with one attached hydrogen (secondary N) is 2. The van der Waals surface area contributed by atoms with E-state index in [1.807, 2.05) is 79.2 Å². The molecule has 11 nitrogen and oxygen atoms in total. The summed E-state index contributed by atoms with van der Waals surface area (Å²) in [5, 5.41) is 10.5. The number of benzene rings is 2. The lowest BCUT2D eigenvalue weighted by molar-refractivity contribution is -0.130. The third-order valence-corrected chi connectivity index (χ3v) is 9.00. The van der Waals surface area contributed by atoms with E-state index >= 15 is 0 Å². The number of allylic oxidation sites excluding steroid dienone is 1. The molecule has 4 N–H and O–H groups in total. The summed E-state index contributed by atoms with van der Waals surface area (Å²) in [6.07, 6.45) is 8.39. The normalized spacial score (nSPS) is 22.0. The van der Waals surface area contributed by atoms with Gasteiger partial charge in [-0.05, 0) is 75.5 Å². The van der Waals surface area contributed by atoms with Crippen LogP contribution in [-0.4, -0.2) is 75.4 Å². The molecular formula is C36H42N8O3. The van der Waals surface area contributed by atoms with Crippen molar-refractivity contribution in [1.29, 1.82) is 0 Å². The van der Waals surface area contributed by atoms with Crippen molar-refractivity contribution in [2.24, 2.45) is 10.7 Å². The molecule has 244 valence electrons. The molecule has 0 radical (unpaired) electrons. The van der Waals surface area contributed by atoms with Crippen LogP contribution in [0, 0.1) is 0 Å². The first-order valence-electron chi connectivity index (χ1n) is 16.4. The van der Waals surface area contributed by atoms with Crippen LogP contribution < -0.4 is 16.4 Å². The van der Waals surface area contributed by atoms with E-state index in [1.165, 1.54) is 6.20 Å². The summed E-state index contributed by atoms with van der Waals surface area (Å²) < 4.78 is 1.81. The second kappa shape index (κ2) is 14.2. The van der Waals surface area contributed by atoms with E-state index in [9.17, 15) is 14.4 Å². The zero-order valence-corrected chi connectivity index (χ0v) is 26.9. The van der Waals surface area contributed by atoms with Gasteiger partial charge in [-0.1, -0.05) is 48.5 Å². The third-order valence-electron chi connectivity index (χ3n) is 9.00. The Bertz CT molecular complexity index is 1720. The van der Waals surface area contributed by atoms with E-state index in [4.69, 9.17) is 10.7 Å². The van der Waals surface area contributed by atoms with Gasteiger partial charge < -0.3 is 16.4 Å². The summed E-state index contributed by atoms with van der Waals surface area (Å²) in [7, 11) is 0. The quantitative estimate of drug-likeness (QED) is 0.275. The van der Waals surface area contributed by atoms with Crippen molar-refractivity contribution in [3.63, 3.8) is 0 Å². The van der Waals surface area contributed by atoms with Gasteiger partial charge in [0.2, 0.25) is 5.91 Å². The number of amides is 3. The van der Waals surface area contributed by atoms with Crippen molar-refractivity contribution in [3.05, 3.63) is 107 Å². The number of rotatable bonds is 11. The lowest BCUT2D eigenvalue weighted by Crippen LogP contribution is -2.59. The Kier molecular flexibility index (Phi) is 9.63. The van der Waals surface area contributed by atoms with Gasteiger partial charge in [0.05, 0.1) is 11.7 Å². The number of amidine groups is 1. The van der Waals surface area contributed by atoms with Crippen molar-refractivity contribution in [1.82, 2.24) is 30.2 Å². The maximum Gasteiger partial charge on any atom is 0.272 e. The maximum atomic E-state index is 14.3. The Morgan fingerprint density at radius 2 is 1.87 bits per heavy atom. The molecule has 2 atom stereocenters. The van der Waals surface area contributed by atoms with Gasteiger partial charge in [0.25, 0.3) is 11.8 Å². The van der Waals surface area contributed by atoms with Crippen molar-refractivity contribution in [2.45, 2.75) is 57.7 Å². The molecular weight excluding hydrogens is 592 g/mol. The highest BCUT2D eigenvalue weighted by molar-refractivity contribution is 6.15. The molecule has 47 heavy (non-hydrogen) atoms. The standard InChI is InChI=1S/C36H42N8O3/c1-3-25(23-42-17-9-18-42)34(45)38-22-24-10-8-11-26(20-24)31-29(21-37)33(39-27-12-6-5-7-13-27)43(4-2)36(47)32(31)40-35(46)30-16-19-44(41-30)28-14-15-28/h3,5-8,10-13,16,19-21,28,31-32H,4,9,14-15,17-18,22-23,37H2,1-2H3,(H,38,45)(H,40,46)/b25-3+,29-21-,39-33?/t31-,32+/m1/s1. The van der Waals surface area contributed by atoms with Crippen molar-refractivity contribution >= 4 is 29.2 Å². The smallest absolute Gasteiger partial charge is 0.272 e. The Morgan fingerprint density at radius 3 is 2.53 bits per heavy atom. The van der Waals surface area contributed by atoms with Crippen LogP contribution in [0.15, 0.2) is 95.3 Å². The predicted molar refractivity (Wildman–Crippen MR) is 181 cm³/mol. The van der Waals surface area contributed by atoms with E-state index in [1.54, 1.807) is 17.2 Å². The van der Waals surface area contributed by atoms with Crippen molar-refractivity contribution in [3.8, 4) is 0 Å². The van der Waals surface area contributed by atoms with Crippen LogP contribution in [0.1, 0.15) is 66.7 Å². The SMILES string of the molecule is C/C=C(\CN1CCC1)C(=O)NCc1cccc([C@@H]2/C(=C/N)C(=Nc3ccccc3)N(CC)C(=O)[C@H]2NC(=O)c2ccn(C3CC3)n2)c1. The van der Waals surface area contributed by atoms with E-state index in [0.717, 1.165) is 49.1 Å². The number of hydrogen-bond acceptors (Lipinski definition) is 7. The molecule has 0 unspecified atom stereocenters. The highest BCUT2D eigenvalue weighted by Gasteiger charge is 2.45. The molecule has 3 heterocycles. The summed E-state index contributed by atoms with van der Waals surface area (Å²) in [6, 6.07) is 18.1. The first kappa shape index (κ1) is 31.9. The van der Waals surface area contributed by atoms with Crippen LogP contribution in [0.25, 0.3) is 0 Å². The zero-order valence-electron chi connectivity index (χ0n) is 26.9. The summed E-state index contributed by atoms with van der Waals surface area (Å²) in [4.78, 5) is 49.6. The predicted octanol–water partition coefficient (Wildman–Crippen LogP) is 3.80. The average Bonchev–Trinajstić information content (AvgIpc) is 3.80. The second-order valence-corrected chi connectivity index (χ2v) is 12.2. The van der Waals surface area contributed by atoms with E-state index in [-0.39, 0.29) is 17.5 Å². The highest BCUT2D eigenvalue weighted by Crippen LogP contribution is 2.37. The van der Waals surface area contributed by atoms with Crippen LogP contribution in [0.2, 0.25) is 0 Å². The fourth-order valence-electron chi connectivity index (χ4n) is 6.12. The summed E-state index contributed by atoms with van der Waals surface area (Å²) in [5.74, 6) is -1.06. The molecule has 3 amide bonds. The lowest BCUT2D eigenvalue weighted by Gasteiger charge is -2.40. The number of aromatic nitrogens is 2. The monoisotopic (exact) mass is 634 g/mol. The molecule has 2 aliphatic heterocycles. The number of para-hydroxylation sites is 1. The Labute approximate surface area is 275 Å². The molecule has 2 saturated heterocycles. The number of carbonyl (C=O) groups is 3. The number of nitrogens with zero attached hydrogens (tertiary/aromatic N) is 5. The number of likely N-dealkylation sites (tertiary alicyclic amines) is 2. The molecule has 1 aromatic heterocycles. The first-order valence-corrected chi connectivity index (χ1v) is 16.4. The highest BCUT2D eigenvalue weighted by atomic mass is 16.2. The van der Waals surface area contributed by atoms with Gasteiger partial charge in [0, 0.05) is 49.1 Å². The van der Waals surface area contributed by atoms with E-state index in [0.29, 0.717) is 42.8 Å². The van der Waals surface area contributed by atoms with Gasteiger partial charge in [-0.2, -0.15) is 5.10 Å². The number of carbonyl (C=O) groups excluding carboxylic acids is 3. The van der Waals surface area contributed by atoms with Gasteiger partial charge in [-0.15, -0.1) is 0 Å². The lowest BCUT2D eigenvalue weighted by atomic mass is 9.79. The molecule has 0 spiro atoms. The molecule has 1 saturated carbocycles. The van der Waals surface area contributed by atoms with E-state index < -0.39 is 17.9 Å². The summed E-state index contributed by atoms with van der Waals surface area (Å²) in [6.45, 7) is 7.03. The van der Waals surface area contributed by atoms with Gasteiger partial charge in [-0.25, -0.2) is 4.99 Å². The fourth-order valence-corrected chi connectivity index (χ4v) is 6.12. The Morgan fingerprint density at radius 1 is 1.09 bits per heavy atom. The summed E-state index contributed by atoms with van der Waals surface area (Å²) >= 11 is 0. The molecule has 3 fully saturated rings. The topological polar surface area (TPSA) is 138 Å². The number of piperidine rings is 1. The van der Waals surface area contributed by atoms with Gasteiger partial charge in [-0.3, -0.25) is 28.9 Å². The molecule has 11 heteroatoms. The molecule has 0 bridgehead atoms. The largest absolute Gasteiger partial charge is 0.404 e. The van der Waals surface area contributed by atoms with Crippen LogP contribution in [0.3, 0.4) is 0 Å². The minimum atomic E-state index is -0.978. The molecule has 1 aliphatic carbocycles. The average molecular weight is 635 g/mol. The van der Waals surface area contributed by atoms with Gasteiger partial charge in [0.15, 0.2) is 0 Å². The van der Waals surface area contributed by atoms with E-state index in [2.05, 4.69) is 20.6 Å². The van der Waals surface area contributed by atoms with Crippen LogP contribution in [0.4, 0.5) is 5.69 Å². The molecule has 3 aliphatic rings. The van der Waals surface area contributed by atoms with Gasteiger partial charge >= 0.3 is 0 Å². The van der Waals surface area contributed by atoms with Crippen LogP contribution in [0.5, 0.6) is 0 Å². The number of hydrogen-bond donors (Lipinski definition) is 3. The Hall–Kier alpha value is -5.03. The van der Waals surface area contributed by atoms with Gasteiger partial charge in [0.1, 0.15) is 17.6 Å². The maximum absolute atomic E-state index is 14.3. The molecule has 3 aromatic rings. The molecule has 6 rings (SSSR count). The number of aliphatic imine (C=N–C) groups is 1. The van der Waals surface area contributed by atoms with Crippen LogP contribution >= 0.6 is 0 Å². The second-order valence-electron chi connectivity index (χ2n) is 12.2. The fraction of sp³-hybridized carbons (Fsp3) is 0.361.